The van der Waals surface area contributed by atoms with E-state index in [9.17, 15) is 0 Å². The van der Waals surface area contributed by atoms with Crippen molar-refractivity contribution in [2.24, 2.45) is 0 Å². The third kappa shape index (κ3) is 1.88. The van der Waals surface area contributed by atoms with Gasteiger partial charge in [0, 0.05) is 0 Å². The quantitative estimate of drug-likeness (QED) is 0.492. The Bertz CT molecular complexity index is 200. The topological polar surface area (TPSA) is 21.8 Å². The van der Waals surface area contributed by atoms with Crippen molar-refractivity contribution < 1.29 is 9.47 Å². The Morgan fingerprint density at radius 1 is 1.54 bits per heavy atom. The van der Waals surface area contributed by atoms with Gasteiger partial charge < -0.3 is 9.47 Å². The van der Waals surface area contributed by atoms with Gasteiger partial charge in [-0.3, -0.25) is 0 Å². The lowest BCUT2D eigenvalue weighted by atomic mass is 9.90. The lowest BCUT2D eigenvalue weighted by Crippen LogP contribution is -2.24. The summed E-state index contributed by atoms with van der Waals surface area (Å²) in [7, 11) is 0. The van der Waals surface area contributed by atoms with Gasteiger partial charge in [-0.2, -0.15) is 0 Å². The number of allylic oxidation sites excluding steroid dienone is 1. The van der Waals surface area contributed by atoms with Gasteiger partial charge in [0.05, 0.1) is 12.4 Å². The van der Waals surface area contributed by atoms with Gasteiger partial charge in [0.25, 0.3) is 0 Å². The van der Waals surface area contributed by atoms with Crippen LogP contribution in [0, 0.1) is 0 Å². The summed E-state index contributed by atoms with van der Waals surface area (Å²) in [5.41, 5.74) is 0.121. The molecule has 2 fully saturated rings. The molecule has 1 aliphatic carbocycles. The maximum Gasteiger partial charge on any atom is 0.128 e. The largest absolute Gasteiger partial charge is 0.498 e. The molecule has 0 bridgehead atoms. The van der Waals surface area contributed by atoms with Crippen LogP contribution in [0.15, 0.2) is 12.3 Å². The predicted molar refractivity (Wildman–Crippen MR) is 51.5 cm³/mol. The molecule has 1 saturated heterocycles. The minimum absolute atomic E-state index is 0.121. The molecule has 0 spiro atoms. The number of fused-ring (bicyclic) bond motifs is 1. The van der Waals surface area contributed by atoms with Crippen LogP contribution >= 0.6 is 0 Å². The highest BCUT2D eigenvalue weighted by Gasteiger charge is 2.57. The maximum atomic E-state index is 5.69. The zero-order valence-corrected chi connectivity index (χ0v) is 8.29. The first-order valence-corrected chi connectivity index (χ1v) is 5.32. The Morgan fingerprint density at radius 3 is 3.23 bits per heavy atom. The first-order valence-electron chi connectivity index (χ1n) is 5.32. The van der Waals surface area contributed by atoms with E-state index in [2.05, 4.69) is 6.92 Å². The molecule has 2 atom stereocenters. The fourth-order valence-corrected chi connectivity index (χ4v) is 2.10. The molecule has 13 heavy (non-hydrogen) atoms. The number of epoxide rings is 1. The lowest BCUT2D eigenvalue weighted by molar-refractivity contribution is 0.143. The van der Waals surface area contributed by atoms with Crippen molar-refractivity contribution in [3.8, 4) is 0 Å². The second kappa shape index (κ2) is 3.70. The number of hydrogen-bond donors (Lipinski definition) is 0. The highest BCUT2D eigenvalue weighted by atomic mass is 16.6. The van der Waals surface area contributed by atoms with Crippen molar-refractivity contribution in [1.29, 1.82) is 0 Å². The zero-order valence-electron chi connectivity index (χ0n) is 8.29. The van der Waals surface area contributed by atoms with Crippen molar-refractivity contribution in [1.82, 2.24) is 0 Å². The summed E-state index contributed by atoms with van der Waals surface area (Å²) >= 11 is 0. The molecule has 2 aliphatic rings. The maximum absolute atomic E-state index is 5.69. The molecule has 1 heterocycles. The Labute approximate surface area is 79.9 Å². The van der Waals surface area contributed by atoms with Crippen LogP contribution in [0.1, 0.15) is 39.0 Å². The third-order valence-electron chi connectivity index (χ3n) is 2.98. The van der Waals surface area contributed by atoms with Crippen LogP contribution in [0.25, 0.3) is 0 Å². The van der Waals surface area contributed by atoms with E-state index in [4.69, 9.17) is 9.47 Å². The molecule has 0 aromatic rings. The fraction of sp³-hybridized carbons (Fsp3) is 0.818. The van der Waals surface area contributed by atoms with Gasteiger partial charge in [-0.25, -0.2) is 0 Å². The monoisotopic (exact) mass is 182 g/mol. The molecule has 2 unspecified atom stereocenters. The molecule has 0 aromatic heterocycles. The SMILES string of the molecule is CCC=COCC12CCCCC1O2. The van der Waals surface area contributed by atoms with Gasteiger partial charge in [0.2, 0.25) is 0 Å². The van der Waals surface area contributed by atoms with E-state index < -0.39 is 0 Å². The highest BCUT2D eigenvalue weighted by molar-refractivity contribution is 5.05. The number of ether oxygens (including phenoxy) is 2. The van der Waals surface area contributed by atoms with E-state index >= 15 is 0 Å². The minimum atomic E-state index is 0.121. The van der Waals surface area contributed by atoms with Crippen LogP contribution in [-0.2, 0) is 9.47 Å². The van der Waals surface area contributed by atoms with Crippen molar-refractivity contribution in [3.05, 3.63) is 12.3 Å². The number of hydrogen-bond acceptors (Lipinski definition) is 2. The van der Waals surface area contributed by atoms with Crippen molar-refractivity contribution in [2.45, 2.75) is 50.7 Å². The molecule has 2 heteroatoms. The Morgan fingerprint density at radius 2 is 2.46 bits per heavy atom. The van der Waals surface area contributed by atoms with E-state index in [1.54, 1.807) is 0 Å². The first kappa shape index (κ1) is 9.07. The van der Waals surface area contributed by atoms with Crippen molar-refractivity contribution in [3.63, 3.8) is 0 Å². The molecule has 0 aromatic carbocycles. The molecule has 74 valence electrons. The van der Waals surface area contributed by atoms with E-state index in [-0.39, 0.29) is 5.60 Å². The Hall–Kier alpha value is -0.500. The summed E-state index contributed by atoms with van der Waals surface area (Å²) in [5.74, 6) is 0. The molecular weight excluding hydrogens is 164 g/mol. The van der Waals surface area contributed by atoms with Gasteiger partial charge in [0.1, 0.15) is 12.2 Å². The van der Waals surface area contributed by atoms with Crippen LogP contribution in [-0.4, -0.2) is 18.3 Å². The number of rotatable bonds is 4. The second-order valence-electron chi connectivity index (χ2n) is 4.01. The van der Waals surface area contributed by atoms with Crippen LogP contribution in [0.2, 0.25) is 0 Å². The predicted octanol–water partition coefficient (Wildman–Crippen LogP) is 2.64. The lowest BCUT2D eigenvalue weighted by Gasteiger charge is -2.15. The Balaban J connectivity index is 1.73. The van der Waals surface area contributed by atoms with Crippen LogP contribution in [0.4, 0.5) is 0 Å². The molecular formula is C11H18O2. The smallest absolute Gasteiger partial charge is 0.128 e. The van der Waals surface area contributed by atoms with E-state index in [0.29, 0.717) is 6.10 Å². The van der Waals surface area contributed by atoms with Gasteiger partial charge in [-0.15, -0.1) is 0 Å². The average Bonchev–Trinajstić information content (AvgIpc) is 2.87. The van der Waals surface area contributed by atoms with Crippen molar-refractivity contribution in [2.75, 3.05) is 6.61 Å². The van der Waals surface area contributed by atoms with E-state index in [1.165, 1.54) is 25.7 Å². The van der Waals surface area contributed by atoms with E-state index in [1.807, 2.05) is 12.3 Å². The molecule has 0 N–H and O–H groups in total. The first-order chi connectivity index (χ1) is 6.37. The molecule has 0 radical (unpaired) electrons. The summed E-state index contributed by atoms with van der Waals surface area (Å²) in [4.78, 5) is 0. The molecule has 2 nitrogen and oxygen atoms in total. The van der Waals surface area contributed by atoms with Crippen LogP contribution in [0.3, 0.4) is 0 Å². The summed E-state index contributed by atoms with van der Waals surface area (Å²) in [6.07, 6.45) is 10.5. The molecule has 2 rings (SSSR count). The van der Waals surface area contributed by atoms with E-state index in [0.717, 1.165) is 13.0 Å². The van der Waals surface area contributed by atoms with Gasteiger partial charge in [-0.1, -0.05) is 25.8 Å². The van der Waals surface area contributed by atoms with Crippen molar-refractivity contribution >= 4 is 0 Å². The van der Waals surface area contributed by atoms with Gasteiger partial charge in [-0.05, 0) is 19.3 Å². The molecule has 1 aliphatic heterocycles. The van der Waals surface area contributed by atoms with Crippen LogP contribution < -0.4 is 0 Å². The van der Waals surface area contributed by atoms with Crippen LogP contribution in [0.5, 0.6) is 0 Å². The Kier molecular flexibility index (Phi) is 2.58. The fourth-order valence-electron chi connectivity index (χ4n) is 2.10. The normalized spacial score (nSPS) is 37.5. The summed E-state index contributed by atoms with van der Waals surface area (Å²) in [6, 6.07) is 0. The standard InChI is InChI=1S/C11H18O2/c1-2-3-8-12-9-11-7-5-4-6-10(11)13-11/h3,8,10H,2,4-7,9H2,1H3. The summed E-state index contributed by atoms with van der Waals surface area (Å²) < 4.78 is 11.1. The zero-order chi connectivity index (χ0) is 9.15. The minimum Gasteiger partial charge on any atom is -0.498 e. The molecule has 0 amide bonds. The van der Waals surface area contributed by atoms with Gasteiger partial charge >= 0.3 is 0 Å². The van der Waals surface area contributed by atoms with Gasteiger partial charge in [0.15, 0.2) is 0 Å². The second-order valence-corrected chi connectivity index (χ2v) is 4.01. The average molecular weight is 182 g/mol. The third-order valence-corrected chi connectivity index (χ3v) is 2.98. The highest BCUT2D eigenvalue weighted by Crippen LogP contribution is 2.47. The summed E-state index contributed by atoms with van der Waals surface area (Å²) in [5, 5.41) is 0. The summed E-state index contributed by atoms with van der Waals surface area (Å²) in [6.45, 7) is 2.86. The molecule has 1 saturated carbocycles.